The third kappa shape index (κ3) is 6.44. The molecular formula is C27H29N3O5S. The van der Waals surface area contributed by atoms with Crippen LogP contribution in [0.5, 0.6) is 0 Å². The van der Waals surface area contributed by atoms with Crippen molar-refractivity contribution < 1.29 is 23.1 Å². The third-order valence-corrected chi connectivity index (χ3v) is 7.68. The summed E-state index contributed by atoms with van der Waals surface area (Å²) < 4.78 is 28.6. The molecule has 0 unspecified atom stereocenters. The maximum Gasteiger partial charge on any atom is 0.336 e. The fourth-order valence-electron chi connectivity index (χ4n) is 4.00. The van der Waals surface area contributed by atoms with E-state index in [1.54, 1.807) is 44.2 Å². The van der Waals surface area contributed by atoms with E-state index in [-0.39, 0.29) is 17.0 Å². The summed E-state index contributed by atoms with van der Waals surface area (Å²) in [4.78, 5) is 24.3. The highest BCUT2D eigenvalue weighted by molar-refractivity contribution is 7.89. The summed E-state index contributed by atoms with van der Waals surface area (Å²) in [7, 11) is -4.03. The standard InChI is InChI=1S/C27H29N3O5S/c1-18-9-11-22(12-10-18)16-30(36(34,35)26-20(3)13-19(2)14-21(26)4)17-25(31)29-28-15-23-7-5-6-8-24(23)27(32)33/h5-15H,16-17H2,1-4H3,(H,29,31)(H,32,33)/b28-15+. The van der Waals surface area contributed by atoms with Crippen molar-refractivity contribution in [2.24, 2.45) is 5.10 Å². The van der Waals surface area contributed by atoms with Crippen LogP contribution in [0, 0.1) is 27.7 Å². The maximum absolute atomic E-state index is 13.7. The number of hydrazone groups is 1. The van der Waals surface area contributed by atoms with Gasteiger partial charge < -0.3 is 5.11 Å². The van der Waals surface area contributed by atoms with Gasteiger partial charge in [0.05, 0.1) is 23.2 Å². The van der Waals surface area contributed by atoms with Gasteiger partial charge in [0.25, 0.3) is 5.91 Å². The fourth-order valence-corrected chi connectivity index (χ4v) is 5.80. The van der Waals surface area contributed by atoms with Gasteiger partial charge in [-0.25, -0.2) is 18.6 Å². The summed E-state index contributed by atoms with van der Waals surface area (Å²) in [5.74, 6) is -1.78. The highest BCUT2D eigenvalue weighted by Crippen LogP contribution is 2.26. The molecule has 0 saturated carbocycles. The molecule has 0 saturated heterocycles. The van der Waals surface area contributed by atoms with E-state index in [1.807, 2.05) is 38.1 Å². The first-order valence-corrected chi connectivity index (χ1v) is 12.7. The number of aryl methyl sites for hydroxylation is 4. The molecule has 9 heteroatoms. The van der Waals surface area contributed by atoms with Crippen LogP contribution < -0.4 is 5.43 Å². The number of sulfonamides is 1. The first-order chi connectivity index (χ1) is 17.0. The molecule has 3 rings (SSSR count). The minimum atomic E-state index is -4.03. The van der Waals surface area contributed by atoms with E-state index in [0.717, 1.165) is 21.0 Å². The first kappa shape index (κ1) is 26.8. The van der Waals surface area contributed by atoms with E-state index in [2.05, 4.69) is 10.5 Å². The molecule has 2 N–H and O–H groups in total. The van der Waals surface area contributed by atoms with Crippen molar-refractivity contribution in [3.8, 4) is 0 Å². The molecule has 0 aliphatic rings. The lowest BCUT2D eigenvalue weighted by Gasteiger charge is -2.24. The SMILES string of the molecule is Cc1ccc(CN(CC(=O)N/N=C/c2ccccc2C(=O)O)S(=O)(=O)c2c(C)cc(C)cc2C)cc1. The van der Waals surface area contributed by atoms with Crippen molar-refractivity contribution in [2.45, 2.75) is 39.1 Å². The quantitative estimate of drug-likeness (QED) is 0.336. The number of aromatic carboxylic acids is 1. The number of amides is 1. The number of carboxylic acid groups (broad SMARTS) is 1. The highest BCUT2D eigenvalue weighted by atomic mass is 32.2. The largest absolute Gasteiger partial charge is 0.478 e. The lowest BCUT2D eigenvalue weighted by Crippen LogP contribution is -2.39. The molecule has 3 aromatic rings. The summed E-state index contributed by atoms with van der Waals surface area (Å²) >= 11 is 0. The van der Waals surface area contributed by atoms with Gasteiger partial charge in [0.2, 0.25) is 10.0 Å². The zero-order valence-corrected chi connectivity index (χ0v) is 21.5. The molecule has 8 nitrogen and oxygen atoms in total. The van der Waals surface area contributed by atoms with Crippen LogP contribution in [-0.2, 0) is 21.4 Å². The molecule has 3 aromatic carbocycles. The highest BCUT2D eigenvalue weighted by Gasteiger charge is 2.30. The zero-order chi connectivity index (χ0) is 26.5. The predicted octanol–water partition coefficient (Wildman–Crippen LogP) is 3.96. The maximum atomic E-state index is 13.7. The van der Waals surface area contributed by atoms with Gasteiger partial charge in [-0.15, -0.1) is 0 Å². The van der Waals surface area contributed by atoms with Gasteiger partial charge in [-0.2, -0.15) is 9.41 Å². The smallest absolute Gasteiger partial charge is 0.336 e. The van der Waals surface area contributed by atoms with Crippen LogP contribution in [0.15, 0.2) is 70.7 Å². The normalized spacial score (nSPS) is 11.7. The van der Waals surface area contributed by atoms with Gasteiger partial charge in [0.1, 0.15) is 0 Å². The Balaban J connectivity index is 1.88. The first-order valence-electron chi connectivity index (χ1n) is 11.3. The number of nitrogens with one attached hydrogen (secondary N) is 1. The molecular weight excluding hydrogens is 478 g/mol. The Labute approximate surface area is 211 Å². The Morgan fingerprint density at radius 2 is 1.56 bits per heavy atom. The molecule has 0 atom stereocenters. The van der Waals surface area contributed by atoms with Crippen LogP contribution in [0.2, 0.25) is 0 Å². The topological polar surface area (TPSA) is 116 Å². The van der Waals surface area contributed by atoms with Gasteiger partial charge in [0.15, 0.2) is 0 Å². The molecule has 0 aliphatic carbocycles. The van der Waals surface area contributed by atoms with Crippen molar-refractivity contribution in [3.63, 3.8) is 0 Å². The van der Waals surface area contributed by atoms with Crippen molar-refractivity contribution in [3.05, 3.63) is 99.6 Å². The van der Waals surface area contributed by atoms with E-state index < -0.39 is 28.4 Å². The second-order valence-electron chi connectivity index (χ2n) is 8.67. The zero-order valence-electron chi connectivity index (χ0n) is 20.6. The van der Waals surface area contributed by atoms with Crippen LogP contribution >= 0.6 is 0 Å². The van der Waals surface area contributed by atoms with Gasteiger partial charge in [-0.1, -0.05) is 65.7 Å². The van der Waals surface area contributed by atoms with Crippen molar-refractivity contribution >= 4 is 28.1 Å². The molecule has 0 fully saturated rings. The van der Waals surface area contributed by atoms with Gasteiger partial charge in [-0.3, -0.25) is 4.79 Å². The van der Waals surface area contributed by atoms with Crippen LogP contribution in [0.1, 0.15) is 43.7 Å². The van der Waals surface area contributed by atoms with Gasteiger partial charge in [-0.05, 0) is 50.5 Å². The minimum absolute atomic E-state index is 0.00560. The monoisotopic (exact) mass is 507 g/mol. The molecule has 0 bridgehead atoms. The Hall–Kier alpha value is -3.82. The van der Waals surface area contributed by atoms with Crippen molar-refractivity contribution in [1.82, 2.24) is 9.73 Å². The Morgan fingerprint density at radius 3 is 2.17 bits per heavy atom. The number of carbonyl (C=O) groups is 2. The minimum Gasteiger partial charge on any atom is -0.478 e. The van der Waals surface area contributed by atoms with Crippen molar-refractivity contribution in [2.75, 3.05) is 6.54 Å². The average molecular weight is 508 g/mol. The third-order valence-electron chi connectivity index (χ3n) is 5.59. The van der Waals surface area contributed by atoms with Gasteiger partial charge >= 0.3 is 5.97 Å². The molecule has 188 valence electrons. The summed E-state index contributed by atoms with van der Waals surface area (Å²) in [5, 5.41) is 13.1. The molecule has 0 radical (unpaired) electrons. The number of benzene rings is 3. The van der Waals surface area contributed by atoms with Gasteiger partial charge in [0, 0.05) is 12.1 Å². The summed E-state index contributed by atoms with van der Waals surface area (Å²) in [6.45, 7) is 6.83. The van der Waals surface area contributed by atoms with Crippen LogP contribution in [0.25, 0.3) is 0 Å². The lowest BCUT2D eigenvalue weighted by molar-refractivity contribution is -0.121. The molecule has 0 aromatic heterocycles. The number of hydrogen-bond acceptors (Lipinski definition) is 5. The Bertz CT molecular complexity index is 1390. The van der Waals surface area contributed by atoms with E-state index in [4.69, 9.17) is 0 Å². The number of carbonyl (C=O) groups excluding carboxylic acids is 1. The average Bonchev–Trinajstić information content (AvgIpc) is 2.79. The van der Waals surface area contributed by atoms with Crippen molar-refractivity contribution in [1.29, 1.82) is 0 Å². The summed E-state index contributed by atoms with van der Waals surface area (Å²) in [6.07, 6.45) is 1.22. The molecule has 1 amide bonds. The fraction of sp³-hybridized carbons (Fsp3) is 0.222. The molecule has 0 spiro atoms. The number of carboxylic acids is 1. The number of nitrogens with zero attached hydrogens (tertiary/aromatic N) is 2. The lowest BCUT2D eigenvalue weighted by atomic mass is 10.1. The second-order valence-corrected chi connectivity index (χ2v) is 10.5. The van der Waals surface area contributed by atoms with E-state index in [0.29, 0.717) is 16.7 Å². The van der Waals surface area contributed by atoms with E-state index in [1.165, 1.54) is 12.3 Å². The van der Waals surface area contributed by atoms with Crippen LogP contribution in [-0.4, -0.2) is 42.5 Å². The summed E-state index contributed by atoms with van der Waals surface area (Å²) in [5.41, 5.74) is 6.57. The summed E-state index contributed by atoms with van der Waals surface area (Å²) in [6, 6.07) is 17.2. The van der Waals surface area contributed by atoms with E-state index >= 15 is 0 Å². The molecule has 36 heavy (non-hydrogen) atoms. The number of rotatable bonds is 9. The van der Waals surface area contributed by atoms with Crippen LogP contribution in [0.3, 0.4) is 0 Å². The Morgan fingerprint density at radius 1 is 0.944 bits per heavy atom. The second kappa shape index (κ2) is 11.3. The molecule has 0 aliphatic heterocycles. The number of hydrogen-bond donors (Lipinski definition) is 2. The molecule has 0 heterocycles. The predicted molar refractivity (Wildman–Crippen MR) is 139 cm³/mol. The van der Waals surface area contributed by atoms with E-state index in [9.17, 15) is 23.1 Å². The Kier molecular flexibility index (Phi) is 8.39. The van der Waals surface area contributed by atoms with Crippen LogP contribution in [0.4, 0.5) is 0 Å².